The molecule has 0 aliphatic heterocycles. The van der Waals surface area contributed by atoms with Gasteiger partial charge in [0.25, 0.3) is 0 Å². The van der Waals surface area contributed by atoms with E-state index in [1.807, 2.05) is 0 Å². The smallest absolute Gasteiger partial charge is 0.145 e. The predicted octanol–water partition coefficient (Wildman–Crippen LogP) is 4.30. The van der Waals surface area contributed by atoms with E-state index in [0.717, 1.165) is 41.5 Å². The van der Waals surface area contributed by atoms with Gasteiger partial charge in [0.05, 0.1) is 0 Å². The Labute approximate surface area is 124 Å². The maximum Gasteiger partial charge on any atom is 0.145 e. The number of hydrogen-bond acceptors (Lipinski definition) is 4. The Morgan fingerprint density at radius 1 is 1.11 bits per heavy atom. The number of rotatable bonds is 9. The van der Waals surface area contributed by atoms with Crippen molar-refractivity contribution in [1.29, 1.82) is 0 Å². The monoisotopic (exact) mass is 328 g/mol. The van der Waals surface area contributed by atoms with E-state index < -0.39 is 0 Å². The van der Waals surface area contributed by atoms with E-state index in [9.17, 15) is 0 Å². The standard InChI is InChI=1S/C14H25BrN4/c1-4-8-16-13-12(15)14(19-10-18-13)17-9-6-5-7-11(2)3/h10-11H,4-9H2,1-3H3,(H2,16,17,18,19). The van der Waals surface area contributed by atoms with Gasteiger partial charge in [-0.3, -0.25) is 0 Å². The van der Waals surface area contributed by atoms with Gasteiger partial charge in [0, 0.05) is 13.1 Å². The van der Waals surface area contributed by atoms with Crippen molar-refractivity contribution in [1.82, 2.24) is 9.97 Å². The summed E-state index contributed by atoms with van der Waals surface area (Å²) in [6.07, 6.45) is 6.39. The molecule has 1 heterocycles. The molecule has 0 bridgehead atoms. The second-order valence-corrected chi connectivity index (χ2v) is 5.92. The Morgan fingerprint density at radius 2 is 1.74 bits per heavy atom. The zero-order chi connectivity index (χ0) is 14.1. The van der Waals surface area contributed by atoms with Gasteiger partial charge in [0.1, 0.15) is 22.4 Å². The number of nitrogens with one attached hydrogen (secondary N) is 2. The molecule has 0 amide bonds. The van der Waals surface area contributed by atoms with E-state index in [4.69, 9.17) is 0 Å². The largest absolute Gasteiger partial charge is 0.369 e. The predicted molar refractivity (Wildman–Crippen MR) is 85.7 cm³/mol. The Bertz CT molecular complexity index is 368. The first kappa shape index (κ1) is 16.2. The van der Waals surface area contributed by atoms with E-state index in [0.29, 0.717) is 0 Å². The van der Waals surface area contributed by atoms with Crippen molar-refractivity contribution in [3.05, 3.63) is 10.8 Å². The number of nitrogens with zero attached hydrogens (tertiary/aromatic N) is 2. The number of aromatic nitrogens is 2. The van der Waals surface area contributed by atoms with Gasteiger partial charge in [-0.2, -0.15) is 0 Å². The molecule has 108 valence electrons. The molecule has 4 nitrogen and oxygen atoms in total. The topological polar surface area (TPSA) is 49.8 Å². The fourth-order valence-corrected chi connectivity index (χ4v) is 2.23. The molecule has 0 unspecified atom stereocenters. The summed E-state index contributed by atoms with van der Waals surface area (Å²) in [5.41, 5.74) is 0. The third-order valence-electron chi connectivity index (χ3n) is 2.83. The van der Waals surface area contributed by atoms with Gasteiger partial charge in [-0.05, 0) is 34.7 Å². The van der Waals surface area contributed by atoms with Gasteiger partial charge in [0.2, 0.25) is 0 Å². The first-order valence-electron chi connectivity index (χ1n) is 7.13. The van der Waals surface area contributed by atoms with E-state index in [1.165, 1.54) is 19.3 Å². The quantitative estimate of drug-likeness (QED) is 0.663. The van der Waals surface area contributed by atoms with Gasteiger partial charge >= 0.3 is 0 Å². The zero-order valence-corrected chi connectivity index (χ0v) is 13.8. The molecule has 0 spiro atoms. The third kappa shape index (κ3) is 6.23. The number of hydrogen-bond donors (Lipinski definition) is 2. The van der Waals surface area contributed by atoms with Crippen molar-refractivity contribution >= 4 is 27.6 Å². The SMILES string of the molecule is CCCNc1ncnc(NCCCCC(C)C)c1Br. The number of unbranched alkanes of at least 4 members (excludes halogenated alkanes) is 1. The minimum atomic E-state index is 0.788. The van der Waals surface area contributed by atoms with E-state index in [2.05, 4.69) is 57.3 Å². The first-order chi connectivity index (χ1) is 9.15. The molecule has 19 heavy (non-hydrogen) atoms. The lowest BCUT2D eigenvalue weighted by molar-refractivity contribution is 0.544. The minimum Gasteiger partial charge on any atom is -0.369 e. The highest BCUT2D eigenvalue weighted by Crippen LogP contribution is 2.26. The van der Waals surface area contributed by atoms with Gasteiger partial charge in [0.15, 0.2) is 0 Å². The summed E-state index contributed by atoms with van der Waals surface area (Å²) in [4.78, 5) is 8.51. The summed E-state index contributed by atoms with van der Waals surface area (Å²) < 4.78 is 0.923. The van der Waals surface area contributed by atoms with E-state index in [-0.39, 0.29) is 0 Å². The lowest BCUT2D eigenvalue weighted by Gasteiger charge is -2.11. The van der Waals surface area contributed by atoms with Crippen LogP contribution < -0.4 is 10.6 Å². The van der Waals surface area contributed by atoms with Crippen LogP contribution in [0.5, 0.6) is 0 Å². The molecule has 0 fully saturated rings. The third-order valence-corrected chi connectivity index (χ3v) is 3.58. The Balaban J connectivity index is 2.40. The second kappa shape index (κ2) is 9.13. The fourth-order valence-electron chi connectivity index (χ4n) is 1.74. The lowest BCUT2D eigenvalue weighted by atomic mass is 10.1. The molecular formula is C14H25BrN4. The number of anilines is 2. The van der Waals surface area contributed by atoms with Crippen LogP contribution in [0.3, 0.4) is 0 Å². The molecule has 0 radical (unpaired) electrons. The Morgan fingerprint density at radius 3 is 2.32 bits per heavy atom. The van der Waals surface area contributed by atoms with Crippen LogP contribution >= 0.6 is 15.9 Å². The van der Waals surface area contributed by atoms with Gasteiger partial charge in [-0.25, -0.2) is 9.97 Å². The molecule has 0 saturated carbocycles. The van der Waals surface area contributed by atoms with Crippen molar-refractivity contribution in [3.63, 3.8) is 0 Å². The summed E-state index contributed by atoms with van der Waals surface area (Å²) in [5.74, 6) is 2.52. The Hall–Kier alpha value is -0.840. The molecule has 1 aromatic rings. The lowest BCUT2D eigenvalue weighted by Crippen LogP contribution is -2.08. The van der Waals surface area contributed by atoms with Crippen LogP contribution in [0.1, 0.15) is 46.5 Å². The van der Waals surface area contributed by atoms with Crippen LogP contribution in [-0.2, 0) is 0 Å². The normalized spacial score (nSPS) is 10.8. The molecule has 0 aliphatic carbocycles. The summed E-state index contributed by atoms with van der Waals surface area (Å²) in [5, 5.41) is 6.65. The molecule has 0 atom stereocenters. The van der Waals surface area contributed by atoms with Crippen molar-refractivity contribution < 1.29 is 0 Å². The minimum absolute atomic E-state index is 0.788. The molecule has 5 heteroatoms. The molecule has 1 aromatic heterocycles. The highest BCUT2D eigenvalue weighted by Gasteiger charge is 2.07. The summed E-state index contributed by atoms with van der Waals surface area (Å²) in [6, 6.07) is 0. The van der Waals surface area contributed by atoms with Crippen molar-refractivity contribution in [2.75, 3.05) is 23.7 Å². The van der Waals surface area contributed by atoms with E-state index in [1.54, 1.807) is 6.33 Å². The van der Waals surface area contributed by atoms with Gasteiger partial charge in [-0.1, -0.05) is 33.6 Å². The van der Waals surface area contributed by atoms with E-state index >= 15 is 0 Å². The molecule has 0 aromatic carbocycles. The highest BCUT2D eigenvalue weighted by atomic mass is 79.9. The van der Waals surface area contributed by atoms with Crippen LogP contribution in [-0.4, -0.2) is 23.1 Å². The van der Waals surface area contributed by atoms with Crippen LogP contribution in [0.15, 0.2) is 10.8 Å². The second-order valence-electron chi connectivity index (χ2n) is 5.13. The summed E-state index contributed by atoms with van der Waals surface area (Å²) in [7, 11) is 0. The van der Waals surface area contributed by atoms with Crippen molar-refractivity contribution in [2.45, 2.75) is 46.5 Å². The maximum absolute atomic E-state index is 4.27. The molecule has 2 N–H and O–H groups in total. The maximum atomic E-state index is 4.27. The van der Waals surface area contributed by atoms with Crippen LogP contribution in [0.4, 0.5) is 11.6 Å². The van der Waals surface area contributed by atoms with Crippen LogP contribution in [0.25, 0.3) is 0 Å². The zero-order valence-electron chi connectivity index (χ0n) is 12.2. The fraction of sp³-hybridized carbons (Fsp3) is 0.714. The first-order valence-corrected chi connectivity index (χ1v) is 7.92. The van der Waals surface area contributed by atoms with Crippen molar-refractivity contribution in [3.8, 4) is 0 Å². The van der Waals surface area contributed by atoms with Crippen LogP contribution in [0, 0.1) is 5.92 Å². The Kier molecular flexibility index (Phi) is 7.79. The summed E-state index contributed by atoms with van der Waals surface area (Å²) >= 11 is 3.55. The van der Waals surface area contributed by atoms with Gasteiger partial charge < -0.3 is 10.6 Å². The van der Waals surface area contributed by atoms with Crippen LogP contribution in [0.2, 0.25) is 0 Å². The number of halogens is 1. The molecular weight excluding hydrogens is 304 g/mol. The molecule has 0 aliphatic rings. The van der Waals surface area contributed by atoms with Crippen molar-refractivity contribution in [2.24, 2.45) is 5.92 Å². The molecule has 0 saturated heterocycles. The summed E-state index contributed by atoms with van der Waals surface area (Å²) in [6.45, 7) is 8.54. The average molecular weight is 329 g/mol. The average Bonchev–Trinajstić information content (AvgIpc) is 2.38. The van der Waals surface area contributed by atoms with Gasteiger partial charge in [-0.15, -0.1) is 0 Å². The molecule has 1 rings (SSSR count). The highest BCUT2D eigenvalue weighted by molar-refractivity contribution is 9.10.